The molecule has 1 fully saturated rings. The first-order valence-electron chi connectivity index (χ1n) is 7.39. The zero-order chi connectivity index (χ0) is 14.5. The normalized spacial score (nSPS) is 33.5. The molecule has 2 bridgehead atoms. The van der Waals surface area contributed by atoms with Crippen molar-refractivity contribution in [2.75, 3.05) is 0 Å². The summed E-state index contributed by atoms with van der Waals surface area (Å²) in [6, 6.07) is 10.4. The van der Waals surface area contributed by atoms with Crippen molar-refractivity contribution in [3.8, 4) is 0 Å². The maximum absolute atomic E-state index is 12.9. The number of hydrogen-bond donors (Lipinski definition) is 0. The second-order valence-corrected chi connectivity index (χ2v) is 6.66. The van der Waals surface area contributed by atoms with Gasteiger partial charge >= 0.3 is 0 Å². The van der Waals surface area contributed by atoms with Crippen molar-refractivity contribution >= 4 is 5.78 Å². The van der Waals surface area contributed by atoms with E-state index in [0.29, 0.717) is 5.78 Å². The SMILES string of the molecule is C=C1[C@@H](c2ccccc2)C2CC(C)=C(C)C[C@@]1(C)C2=O. The predicted molar refractivity (Wildman–Crippen MR) is 82.5 cm³/mol. The van der Waals surface area contributed by atoms with Crippen LogP contribution >= 0.6 is 0 Å². The Balaban J connectivity index is 2.13. The second kappa shape index (κ2) is 4.44. The summed E-state index contributed by atoms with van der Waals surface area (Å²) in [5.41, 5.74) is 4.75. The molecule has 1 heteroatoms. The fourth-order valence-electron chi connectivity index (χ4n) is 4.00. The van der Waals surface area contributed by atoms with Crippen LogP contribution in [0.1, 0.15) is 45.1 Å². The molecule has 0 saturated heterocycles. The molecule has 1 nitrogen and oxygen atoms in total. The van der Waals surface area contributed by atoms with Crippen molar-refractivity contribution in [1.82, 2.24) is 0 Å². The molecule has 3 atom stereocenters. The molecule has 0 spiro atoms. The third kappa shape index (κ3) is 1.72. The molecule has 0 aliphatic heterocycles. The van der Waals surface area contributed by atoms with Gasteiger partial charge in [-0.05, 0) is 39.2 Å². The summed E-state index contributed by atoms with van der Waals surface area (Å²) in [5.74, 6) is 0.664. The molecule has 20 heavy (non-hydrogen) atoms. The summed E-state index contributed by atoms with van der Waals surface area (Å²) in [5, 5.41) is 0. The van der Waals surface area contributed by atoms with Crippen LogP contribution in [0.3, 0.4) is 0 Å². The van der Waals surface area contributed by atoms with Crippen LogP contribution < -0.4 is 0 Å². The van der Waals surface area contributed by atoms with Crippen LogP contribution in [0.2, 0.25) is 0 Å². The predicted octanol–water partition coefficient (Wildman–Crippen LogP) is 4.66. The Bertz CT molecular complexity index is 608. The highest BCUT2D eigenvalue weighted by molar-refractivity contribution is 5.95. The van der Waals surface area contributed by atoms with E-state index in [0.717, 1.165) is 18.4 Å². The van der Waals surface area contributed by atoms with Crippen LogP contribution in [0.25, 0.3) is 0 Å². The number of ketones is 1. The minimum Gasteiger partial charge on any atom is -0.298 e. The van der Waals surface area contributed by atoms with Crippen molar-refractivity contribution < 1.29 is 4.79 Å². The van der Waals surface area contributed by atoms with Gasteiger partial charge in [-0.3, -0.25) is 4.79 Å². The molecule has 0 aromatic heterocycles. The number of allylic oxidation sites excluding steroid dienone is 3. The van der Waals surface area contributed by atoms with E-state index in [-0.39, 0.29) is 17.3 Å². The Kier molecular flexibility index (Phi) is 2.97. The molecular formula is C19H22O. The van der Waals surface area contributed by atoms with Gasteiger partial charge in [0.25, 0.3) is 0 Å². The van der Waals surface area contributed by atoms with Gasteiger partial charge in [-0.1, -0.05) is 53.6 Å². The lowest BCUT2D eigenvalue weighted by atomic mass is 9.75. The van der Waals surface area contributed by atoms with Crippen LogP contribution in [0.5, 0.6) is 0 Å². The Labute approximate surface area is 121 Å². The van der Waals surface area contributed by atoms with Gasteiger partial charge < -0.3 is 0 Å². The monoisotopic (exact) mass is 266 g/mol. The van der Waals surface area contributed by atoms with E-state index in [1.165, 1.54) is 16.7 Å². The maximum Gasteiger partial charge on any atom is 0.147 e. The van der Waals surface area contributed by atoms with Gasteiger partial charge in [0.05, 0.1) is 5.41 Å². The minimum absolute atomic E-state index is 0.0762. The summed E-state index contributed by atoms with van der Waals surface area (Å²) in [4.78, 5) is 12.9. The summed E-state index contributed by atoms with van der Waals surface area (Å²) < 4.78 is 0. The number of hydrogen-bond acceptors (Lipinski definition) is 1. The smallest absolute Gasteiger partial charge is 0.147 e. The number of carbonyl (C=O) groups is 1. The van der Waals surface area contributed by atoms with Crippen LogP contribution in [-0.2, 0) is 4.79 Å². The zero-order valence-electron chi connectivity index (χ0n) is 12.6. The highest BCUT2D eigenvalue weighted by atomic mass is 16.1. The first-order chi connectivity index (χ1) is 9.45. The molecule has 2 aliphatic rings. The van der Waals surface area contributed by atoms with Gasteiger partial charge in [-0.2, -0.15) is 0 Å². The highest BCUT2D eigenvalue weighted by Crippen LogP contribution is 2.57. The third-order valence-electron chi connectivity index (χ3n) is 5.40. The first kappa shape index (κ1) is 13.4. The average molecular weight is 266 g/mol. The molecule has 104 valence electrons. The molecule has 2 aliphatic carbocycles. The van der Waals surface area contributed by atoms with Gasteiger partial charge in [0, 0.05) is 11.8 Å². The van der Waals surface area contributed by atoms with E-state index in [4.69, 9.17) is 0 Å². The lowest BCUT2D eigenvalue weighted by molar-refractivity contribution is -0.127. The molecule has 1 aromatic carbocycles. The van der Waals surface area contributed by atoms with Gasteiger partial charge in [0.1, 0.15) is 5.78 Å². The molecule has 1 aromatic rings. The molecule has 1 unspecified atom stereocenters. The number of rotatable bonds is 1. The largest absolute Gasteiger partial charge is 0.298 e. The van der Waals surface area contributed by atoms with E-state index >= 15 is 0 Å². The van der Waals surface area contributed by atoms with E-state index < -0.39 is 0 Å². The van der Waals surface area contributed by atoms with Gasteiger partial charge in [0.2, 0.25) is 0 Å². The van der Waals surface area contributed by atoms with Crippen molar-refractivity contribution in [2.45, 2.75) is 39.5 Å². The molecule has 0 amide bonds. The molecule has 1 saturated carbocycles. The number of benzene rings is 1. The fraction of sp³-hybridized carbons (Fsp3) is 0.421. The average Bonchev–Trinajstić information content (AvgIpc) is 2.56. The molecule has 0 radical (unpaired) electrons. The second-order valence-electron chi connectivity index (χ2n) is 6.66. The Morgan fingerprint density at radius 1 is 1.15 bits per heavy atom. The van der Waals surface area contributed by atoms with Gasteiger partial charge in [-0.15, -0.1) is 0 Å². The standard InChI is InChI=1S/C19H22O/c1-12-10-16-17(15-8-6-5-7-9-15)14(3)19(4,18(16)20)11-13(12)2/h5-9,16-17H,3,10-11H2,1-2,4H3/t16?,17-,19+/m0/s1. The lowest BCUT2D eigenvalue weighted by Crippen LogP contribution is -2.25. The first-order valence-corrected chi connectivity index (χ1v) is 7.39. The molecule has 3 rings (SSSR count). The van der Waals surface area contributed by atoms with E-state index in [9.17, 15) is 4.79 Å². The van der Waals surface area contributed by atoms with Gasteiger partial charge in [0.15, 0.2) is 0 Å². The van der Waals surface area contributed by atoms with Crippen molar-refractivity contribution in [2.24, 2.45) is 11.3 Å². The van der Waals surface area contributed by atoms with Crippen molar-refractivity contribution in [1.29, 1.82) is 0 Å². The Morgan fingerprint density at radius 2 is 1.80 bits per heavy atom. The summed E-state index contributed by atoms with van der Waals surface area (Å²) >= 11 is 0. The summed E-state index contributed by atoms with van der Waals surface area (Å²) in [6.45, 7) is 10.8. The van der Waals surface area contributed by atoms with Gasteiger partial charge in [-0.25, -0.2) is 0 Å². The van der Waals surface area contributed by atoms with Crippen molar-refractivity contribution in [3.63, 3.8) is 0 Å². The van der Waals surface area contributed by atoms with E-state index in [2.05, 4.69) is 51.6 Å². The third-order valence-corrected chi connectivity index (χ3v) is 5.40. The number of Topliss-reactive ketones (excluding diaryl/α,β-unsaturated/α-hetero) is 1. The fourth-order valence-corrected chi connectivity index (χ4v) is 4.00. The zero-order valence-corrected chi connectivity index (χ0v) is 12.6. The van der Waals surface area contributed by atoms with Crippen LogP contribution in [0.15, 0.2) is 53.6 Å². The maximum atomic E-state index is 12.9. The number of fused-ring (bicyclic) bond motifs is 2. The molecular weight excluding hydrogens is 244 g/mol. The Hall–Kier alpha value is -1.63. The van der Waals surface area contributed by atoms with E-state index in [1.807, 2.05) is 6.07 Å². The van der Waals surface area contributed by atoms with E-state index in [1.54, 1.807) is 0 Å². The van der Waals surface area contributed by atoms with Crippen molar-refractivity contribution in [3.05, 3.63) is 59.2 Å². The van der Waals surface area contributed by atoms with Crippen LogP contribution in [-0.4, -0.2) is 5.78 Å². The molecule has 0 heterocycles. The lowest BCUT2D eigenvalue weighted by Gasteiger charge is -2.27. The number of carbonyl (C=O) groups excluding carboxylic acids is 1. The Morgan fingerprint density at radius 3 is 2.45 bits per heavy atom. The highest BCUT2D eigenvalue weighted by Gasteiger charge is 2.54. The summed E-state index contributed by atoms with van der Waals surface area (Å²) in [7, 11) is 0. The molecule has 0 N–H and O–H groups in total. The van der Waals surface area contributed by atoms with Crippen LogP contribution in [0.4, 0.5) is 0 Å². The minimum atomic E-state index is -0.368. The quantitative estimate of drug-likeness (QED) is 0.675. The summed E-state index contributed by atoms with van der Waals surface area (Å²) in [6.07, 6.45) is 1.73. The topological polar surface area (TPSA) is 17.1 Å². The van der Waals surface area contributed by atoms with Crippen LogP contribution in [0, 0.1) is 11.3 Å².